The maximum Gasteiger partial charge on any atom is 0.238 e. The van der Waals surface area contributed by atoms with Crippen LogP contribution in [0.15, 0.2) is 52.9 Å². The molecule has 0 saturated carbocycles. The number of carbonyl (C=O) groups is 1. The van der Waals surface area contributed by atoms with Crippen molar-refractivity contribution in [3.8, 4) is 5.69 Å². The molecule has 5 rings (SSSR count). The predicted octanol–water partition coefficient (Wildman–Crippen LogP) is 4.76. The first-order valence-corrected chi connectivity index (χ1v) is 11.5. The van der Waals surface area contributed by atoms with Crippen molar-refractivity contribution in [3.63, 3.8) is 0 Å². The van der Waals surface area contributed by atoms with Crippen molar-refractivity contribution in [2.75, 3.05) is 25.0 Å². The molecule has 1 amide bonds. The van der Waals surface area contributed by atoms with E-state index in [4.69, 9.17) is 4.42 Å². The van der Waals surface area contributed by atoms with Crippen LogP contribution in [-0.4, -0.2) is 45.2 Å². The summed E-state index contributed by atoms with van der Waals surface area (Å²) in [5.74, 6) is 1.11. The number of benzene rings is 2. The SMILES string of the molecule is Cc1ccc(-n2nc(C)c(NC(=O)CN3CCC(c4nc5ccccc5o4)CC3)c2C)cc1. The van der Waals surface area contributed by atoms with Crippen LogP contribution in [-0.2, 0) is 4.79 Å². The lowest BCUT2D eigenvalue weighted by atomic mass is 9.97. The molecule has 0 aliphatic carbocycles. The van der Waals surface area contributed by atoms with Gasteiger partial charge in [0.15, 0.2) is 11.5 Å². The van der Waals surface area contributed by atoms with Gasteiger partial charge in [-0.1, -0.05) is 29.8 Å². The van der Waals surface area contributed by atoms with Gasteiger partial charge in [-0.25, -0.2) is 9.67 Å². The van der Waals surface area contributed by atoms with Crippen LogP contribution in [0.4, 0.5) is 5.69 Å². The minimum Gasteiger partial charge on any atom is -0.440 e. The van der Waals surface area contributed by atoms with Crippen LogP contribution >= 0.6 is 0 Å². The van der Waals surface area contributed by atoms with Crippen LogP contribution in [0.25, 0.3) is 16.8 Å². The maximum atomic E-state index is 12.8. The van der Waals surface area contributed by atoms with E-state index in [0.29, 0.717) is 12.5 Å². The van der Waals surface area contributed by atoms with Crippen LogP contribution < -0.4 is 5.32 Å². The third-order valence-corrected chi connectivity index (χ3v) is 6.45. The highest BCUT2D eigenvalue weighted by Gasteiger charge is 2.26. The number of para-hydroxylation sites is 2. The van der Waals surface area contributed by atoms with E-state index in [0.717, 1.165) is 65.7 Å². The Hall–Kier alpha value is -3.45. The molecule has 1 saturated heterocycles. The highest BCUT2D eigenvalue weighted by Crippen LogP contribution is 2.30. The zero-order valence-electron chi connectivity index (χ0n) is 19.3. The zero-order valence-corrected chi connectivity index (χ0v) is 19.3. The Bertz CT molecular complexity index is 1250. The summed E-state index contributed by atoms with van der Waals surface area (Å²) in [7, 11) is 0. The molecule has 1 aliphatic heterocycles. The molecule has 170 valence electrons. The molecule has 1 aliphatic rings. The van der Waals surface area contributed by atoms with Gasteiger partial charge in [0.1, 0.15) is 5.52 Å². The lowest BCUT2D eigenvalue weighted by Crippen LogP contribution is -2.38. The van der Waals surface area contributed by atoms with Crippen molar-refractivity contribution < 1.29 is 9.21 Å². The molecule has 3 heterocycles. The van der Waals surface area contributed by atoms with E-state index in [-0.39, 0.29) is 5.91 Å². The number of aryl methyl sites for hydroxylation is 2. The molecule has 0 radical (unpaired) electrons. The maximum absolute atomic E-state index is 12.8. The first-order chi connectivity index (χ1) is 16.0. The summed E-state index contributed by atoms with van der Waals surface area (Å²) in [6.45, 7) is 8.04. The Balaban J connectivity index is 1.19. The Kier molecular flexibility index (Phi) is 5.72. The van der Waals surface area contributed by atoms with Crippen LogP contribution in [0.5, 0.6) is 0 Å². The van der Waals surface area contributed by atoms with E-state index in [1.54, 1.807) is 0 Å². The van der Waals surface area contributed by atoms with Gasteiger partial charge in [-0.15, -0.1) is 0 Å². The number of hydrogen-bond donors (Lipinski definition) is 1. The molecule has 7 nitrogen and oxygen atoms in total. The summed E-state index contributed by atoms with van der Waals surface area (Å²) >= 11 is 0. The standard InChI is InChI=1S/C26H29N5O2/c1-17-8-10-21(11-9-17)31-19(3)25(18(2)29-31)28-24(32)16-30-14-12-20(13-15-30)26-27-22-6-4-5-7-23(22)33-26/h4-11,20H,12-16H2,1-3H3,(H,28,32). The number of likely N-dealkylation sites (tertiary alicyclic amines) is 1. The summed E-state index contributed by atoms with van der Waals surface area (Å²) in [5.41, 5.74) is 6.48. The number of piperidine rings is 1. The van der Waals surface area contributed by atoms with Crippen molar-refractivity contribution >= 4 is 22.7 Å². The minimum atomic E-state index is -0.00929. The van der Waals surface area contributed by atoms with E-state index in [2.05, 4.69) is 39.4 Å². The molecule has 2 aromatic heterocycles. The Morgan fingerprint density at radius 1 is 1.06 bits per heavy atom. The van der Waals surface area contributed by atoms with Crippen LogP contribution in [0, 0.1) is 20.8 Å². The van der Waals surface area contributed by atoms with Crippen LogP contribution in [0.1, 0.15) is 41.6 Å². The monoisotopic (exact) mass is 443 g/mol. The molecule has 0 spiro atoms. The molecular weight excluding hydrogens is 414 g/mol. The molecule has 7 heteroatoms. The number of fused-ring (bicyclic) bond motifs is 1. The van der Waals surface area contributed by atoms with Crippen molar-refractivity contribution in [3.05, 3.63) is 71.4 Å². The summed E-state index contributed by atoms with van der Waals surface area (Å²) < 4.78 is 7.84. The number of nitrogens with zero attached hydrogens (tertiary/aromatic N) is 4. The second kappa shape index (κ2) is 8.83. The number of carbonyl (C=O) groups excluding carboxylic acids is 1. The molecule has 1 fully saturated rings. The average molecular weight is 444 g/mol. The van der Waals surface area contributed by atoms with Crippen LogP contribution in [0.2, 0.25) is 0 Å². The number of amides is 1. The third kappa shape index (κ3) is 4.41. The number of rotatable bonds is 5. The highest BCUT2D eigenvalue weighted by atomic mass is 16.3. The first-order valence-electron chi connectivity index (χ1n) is 11.5. The number of hydrogen-bond acceptors (Lipinski definition) is 5. The molecule has 1 N–H and O–H groups in total. The molecule has 2 aromatic carbocycles. The van der Waals surface area contributed by atoms with Gasteiger partial charge in [0, 0.05) is 5.92 Å². The second-order valence-electron chi connectivity index (χ2n) is 8.91. The Morgan fingerprint density at radius 3 is 2.52 bits per heavy atom. The number of nitrogens with one attached hydrogen (secondary N) is 1. The summed E-state index contributed by atoms with van der Waals surface area (Å²) in [4.78, 5) is 19.7. The lowest BCUT2D eigenvalue weighted by molar-refractivity contribution is -0.117. The van der Waals surface area contributed by atoms with Gasteiger partial charge in [0.25, 0.3) is 0 Å². The number of anilines is 1. The Labute approximate surface area is 193 Å². The summed E-state index contributed by atoms with van der Waals surface area (Å²) in [5, 5.41) is 7.74. The smallest absolute Gasteiger partial charge is 0.238 e. The van der Waals surface area contributed by atoms with Gasteiger partial charge in [-0.2, -0.15) is 5.10 Å². The highest BCUT2D eigenvalue weighted by molar-refractivity contribution is 5.93. The van der Waals surface area contributed by atoms with Crippen molar-refractivity contribution in [2.24, 2.45) is 0 Å². The normalized spacial score (nSPS) is 15.2. The van der Waals surface area contributed by atoms with Gasteiger partial charge in [0.05, 0.1) is 29.3 Å². The van der Waals surface area contributed by atoms with E-state index >= 15 is 0 Å². The van der Waals surface area contributed by atoms with E-state index in [1.807, 2.05) is 54.9 Å². The topological polar surface area (TPSA) is 76.2 Å². The quantitative estimate of drug-likeness (QED) is 0.481. The minimum absolute atomic E-state index is 0.00929. The van der Waals surface area contributed by atoms with Gasteiger partial charge in [0.2, 0.25) is 5.91 Å². The van der Waals surface area contributed by atoms with Crippen molar-refractivity contribution in [2.45, 2.75) is 39.5 Å². The van der Waals surface area contributed by atoms with Gasteiger partial charge >= 0.3 is 0 Å². The van der Waals surface area contributed by atoms with E-state index in [1.165, 1.54) is 5.56 Å². The van der Waals surface area contributed by atoms with Gasteiger partial charge in [-0.05, 0) is 71.0 Å². The zero-order chi connectivity index (χ0) is 22.9. The molecule has 0 atom stereocenters. The van der Waals surface area contributed by atoms with E-state index in [9.17, 15) is 4.79 Å². The fourth-order valence-electron chi connectivity index (χ4n) is 4.55. The first kappa shape index (κ1) is 21.4. The summed E-state index contributed by atoms with van der Waals surface area (Å²) in [6.07, 6.45) is 1.87. The largest absolute Gasteiger partial charge is 0.440 e. The third-order valence-electron chi connectivity index (χ3n) is 6.45. The average Bonchev–Trinajstić information content (AvgIpc) is 3.37. The predicted molar refractivity (Wildman–Crippen MR) is 129 cm³/mol. The summed E-state index contributed by atoms with van der Waals surface area (Å²) in [6, 6.07) is 16.1. The van der Waals surface area contributed by atoms with Crippen molar-refractivity contribution in [1.29, 1.82) is 0 Å². The number of oxazole rings is 1. The molecule has 0 unspecified atom stereocenters. The number of aromatic nitrogens is 3. The van der Waals surface area contributed by atoms with Crippen LogP contribution in [0.3, 0.4) is 0 Å². The fourth-order valence-corrected chi connectivity index (χ4v) is 4.55. The fraction of sp³-hybridized carbons (Fsp3) is 0.346. The molecule has 0 bridgehead atoms. The lowest BCUT2D eigenvalue weighted by Gasteiger charge is -2.29. The van der Waals surface area contributed by atoms with Gasteiger partial charge in [-0.3, -0.25) is 9.69 Å². The molecular formula is C26H29N5O2. The molecule has 4 aromatic rings. The van der Waals surface area contributed by atoms with Crippen molar-refractivity contribution in [1.82, 2.24) is 19.7 Å². The molecule has 33 heavy (non-hydrogen) atoms. The van der Waals surface area contributed by atoms with Gasteiger partial charge < -0.3 is 9.73 Å². The second-order valence-corrected chi connectivity index (χ2v) is 8.91. The van der Waals surface area contributed by atoms with E-state index < -0.39 is 0 Å². The Morgan fingerprint density at radius 2 is 1.79 bits per heavy atom.